The number of alkyl halides is 1. The maximum absolute atomic E-state index is 14.4. The van der Waals surface area contributed by atoms with Crippen molar-refractivity contribution in [3.05, 3.63) is 54.1 Å². The molecule has 2 aromatic heterocycles. The van der Waals surface area contributed by atoms with E-state index in [1.165, 1.54) is 6.07 Å². The van der Waals surface area contributed by atoms with E-state index in [1.54, 1.807) is 16.7 Å². The second-order valence-corrected chi connectivity index (χ2v) is 7.46. The number of nitrogens with one attached hydrogen (secondary N) is 2. The highest BCUT2D eigenvalue weighted by atomic mass is 19.1. The summed E-state index contributed by atoms with van der Waals surface area (Å²) in [5.74, 6) is -0.788. The lowest BCUT2D eigenvalue weighted by Crippen LogP contribution is -2.22. The molecule has 0 saturated heterocycles. The van der Waals surface area contributed by atoms with Crippen molar-refractivity contribution in [1.82, 2.24) is 14.7 Å². The van der Waals surface area contributed by atoms with E-state index in [1.807, 2.05) is 38.2 Å². The van der Waals surface area contributed by atoms with Gasteiger partial charge in [-0.05, 0) is 35.7 Å². The molecule has 2 unspecified atom stereocenters. The minimum atomic E-state index is -1.05. The van der Waals surface area contributed by atoms with Gasteiger partial charge in [0.2, 0.25) is 5.91 Å². The highest BCUT2D eigenvalue weighted by molar-refractivity contribution is 5.94. The average Bonchev–Trinajstić information content (AvgIpc) is 3.25. The number of anilines is 1. The SMILES string of the molecule is CC(C)NCc1c(F)cccc1-c1ccc2nc(NC(=O)C3CC3F)cn2c1. The van der Waals surface area contributed by atoms with Gasteiger partial charge >= 0.3 is 0 Å². The summed E-state index contributed by atoms with van der Waals surface area (Å²) >= 11 is 0. The standard InChI is InChI=1S/C21H22F2N4O/c1-12(2)24-9-16-14(4-3-5-17(16)22)13-6-7-20-25-19(11-27(20)10-13)26-21(28)15-8-18(15)23/h3-7,10-12,15,18,24H,8-9H2,1-2H3,(H,26,28). The average molecular weight is 384 g/mol. The summed E-state index contributed by atoms with van der Waals surface area (Å²) in [5, 5.41) is 5.91. The first-order valence-electron chi connectivity index (χ1n) is 9.37. The van der Waals surface area contributed by atoms with Crippen LogP contribution in [-0.4, -0.2) is 27.5 Å². The zero-order valence-electron chi connectivity index (χ0n) is 15.7. The van der Waals surface area contributed by atoms with Gasteiger partial charge in [-0.1, -0.05) is 26.0 Å². The number of carbonyl (C=O) groups is 1. The lowest BCUT2D eigenvalue weighted by Gasteiger charge is -2.14. The topological polar surface area (TPSA) is 58.4 Å². The summed E-state index contributed by atoms with van der Waals surface area (Å²) in [6.45, 7) is 4.45. The Bertz CT molecular complexity index is 1030. The van der Waals surface area contributed by atoms with Crippen molar-refractivity contribution < 1.29 is 13.6 Å². The second-order valence-electron chi connectivity index (χ2n) is 7.46. The van der Waals surface area contributed by atoms with Gasteiger partial charge in [0, 0.05) is 24.3 Å². The molecule has 5 nitrogen and oxygen atoms in total. The molecule has 1 amide bonds. The van der Waals surface area contributed by atoms with Crippen LogP contribution in [0.4, 0.5) is 14.6 Å². The molecule has 4 rings (SSSR count). The van der Waals surface area contributed by atoms with E-state index in [2.05, 4.69) is 15.6 Å². The third kappa shape index (κ3) is 3.75. The Hall–Kier alpha value is -2.80. The van der Waals surface area contributed by atoms with Crippen LogP contribution >= 0.6 is 0 Å². The minimum Gasteiger partial charge on any atom is -0.310 e. The van der Waals surface area contributed by atoms with Crippen molar-refractivity contribution in [3.63, 3.8) is 0 Å². The van der Waals surface area contributed by atoms with E-state index in [9.17, 15) is 13.6 Å². The molecule has 1 saturated carbocycles. The van der Waals surface area contributed by atoms with Crippen molar-refractivity contribution in [2.24, 2.45) is 5.92 Å². The Kier molecular flexibility index (Phi) is 4.85. The van der Waals surface area contributed by atoms with E-state index in [0.29, 0.717) is 23.6 Å². The van der Waals surface area contributed by atoms with Crippen LogP contribution in [0.25, 0.3) is 16.8 Å². The molecule has 0 radical (unpaired) electrons. The molecule has 3 aromatic rings. The number of pyridine rings is 1. The summed E-state index contributed by atoms with van der Waals surface area (Å²) in [5.41, 5.74) is 2.89. The lowest BCUT2D eigenvalue weighted by atomic mass is 10.0. The third-order valence-electron chi connectivity index (χ3n) is 4.87. The summed E-state index contributed by atoms with van der Waals surface area (Å²) in [6.07, 6.45) is 2.75. The fraction of sp³-hybridized carbons (Fsp3) is 0.333. The minimum absolute atomic E-state index is 0.241. The van der Waals surface area contributed by atoms with Gasteiger partial charge in [-0.25, -0.2) is 13.8 Å². The van der Waals surface area contributed by atoms with E-state index in [-0.39, 0.29) is 24.2 Å². The van der Waals surface area contributed by atoms with Crippen molar-refractivity contribution in [2.75, 3.05) is 5.32 Å². The summed E-state index contributed by atoms with van der Waals surface area (Å²) < 4.78 is 29.2. The van der Waals surface area contributed by atoms with Crippen LogP contribution < -0.4 is 10.6 Å². The van der Waals surface area contributed by atoms with Gasteiger partial charge in [0.25, 0.3) is 0 Å². The fourth-order valence-electron chi connectivity index (χ4n) is 3.18. The molecule has 1 fully saturated rings. The summed E-state index contributed by atoms with van der Waals surface area (Å²) in [4.78, 5) is 16.3. The van der Waals surface area contributed by atoms with Crippen molar-refractivity contribution in [3.8, 4) is 11.1 Å². The maximum Gasteiger partial charge on any atom is 0.231 e. The molecule has 2 N–H and O–H groups in total. The van der Waals surface area contributed by atoms with Crippen LogP contribution in [0, 0.1) is 11.7 Å². The number of carbonyl (C=O) groups excluding carboxylic acids is 1. The smallest absolute Gasteiger partial charge is 0.231 e. The molecule has 28 heavy (non-hydrogen) atoms. The number of amides is 1. The van der Waals surface area contributed by atoms with E-state index in [4.69, 9.17) is 0 Å². The van der Waals surface area contributed by atoms with Gasteiger partial charge in [-0.15, -0.1) is 0 Å². The number of halogens is 2. The Balaban J connectivity index is 1.63. The monoisotopic (exact) mass is 384 g/mol. The lowest BCUT2D eigenvalue weighted by molar-refractivity contribution is -0.117. The van der Waals surface area contributed by atoms with Gasteiger partial charge in [-0.3, -0.25) is 4.79 Å². The van der Waals surface area contributed by atoms with Gasteiger partial charge in [0.05, 0.1) is 12.1 Å². The van der Waals surface area contributed by atoms with Crippen LogP contribution in [-0.2, 0) is 11.3 Å². The molecule has 2 heterocycles. The third-order valence-corrected chi connectivity index (χ3v) is 4.87. The van der Waals surface area contributed by atoms with E-state index in [0.717, 1.165) is 11.1 Å². The molecule has 146 valence electrons. The van der Waals surface area contributed by atoms with Crippen LogP contribution in [0.5, 0.6) is 0 Å². The first-order valence-corrected chi connectivity index (χ1v) is 9.37. The summed E-state index contributed by atoms with van der Waals surface area (Å²) in [6, 6.07) is 8.96. The normalized spacial score (nSPS) is 18.6. The number of aromatic nitrogens is 2. The molecule has 0 bridgehead atoms. The Morgan fingerprint density at radius 3 is 2.79 bits per heavy atom. The molecular formula is C21H22F2N4O. The quantitative estimate of drug-likeness (QED) is 0.677. The van der Waals surface area contributed by atoms with Crippen LogP contribution in [0.3, 0.4) is 0 Å². The van der Waals surface area contributed by atoms with Gasteiger partial charge in [-0.2, -0.15) is 0 Å². The largest absolute Gasteiger partial charge is 0.310 e. The zero-order chi connectivity index (χ0) is 19.8. The Labute approximate surface area is 161 Å². The van der Waals surface area contributed by atoms with Gasteiger partial charge < -0.3 is 15.0 Å². The zero-order valence-corrected chi connectivity index (χ0v) is 15.7. The number of fused-ring (bicyclic) bond motifs is 1. The van der Waals surface area contributed by atoms with E-state index >= 15 is 0 Å². The summed E-state index contributed by atoms with van der Waals surface area (Å²) in [7, 11) is 0. The number of rotatable bonds is 6. The fourth-order valence-corrected chi connectivity index (χ4v) is 3.18. The first kappa shape index (κ1) is 18.6. The van der Waals surface area contributed by atoms with Crippen molar-refractivity contribution >= 4 is 17.4 Å². The Morgan fingerprint density at radius 1 is 1.29 bits per heavy atom. The Morgan fingerprint density at radius 2 is 2.07 bits per heavy atom. The first-order chi connectivity index (χ1) is 13.4. The van der Waals surface area contributed by atoms with Gasteiger partial charge in [0.1, 0.15) is 17.6 Å². The maximum atomic E-state index is 14.4. The molecule has 7 heteroatoms. The molecule has 0 aliphatic heterocycles. The van der Waals surface area contributed by atoms with Crippen LogP contribution in [0.2, 0.25) is 0 Å². The molecule has 1 aliphatic carbocycles. The van der Waals surface area contributed by atoms with Gasteiger partial charge in [0.15, 0.2) is 5.82 Å². The van der Waals surface area contributed by atoms with Crippen molar-refractivity contribution in [2.45, 2.75) is 39.0 Å². The molecule has 0 spiro atoms. The number of nitrogens with zero attached hydrogens (tertiary/aromatic N) is 2. The number of hydrogen-bond acceptors (Lipinski definition) is 3. The van der Waals surface area contributed by atoms with Crippen LogP contribution in [0.15, 0.2) is 42.7 Å². The number of hydrogen-bond donors (Lipinski definition) is 2. The van der Waals surface area contributed by atoms with Crippen molar-refractivity contribution in [1.29, 1.82) is 0 Å². The number of benzene rings is 1. The predicted molar refractivity (Wildman–Crippen MR) is 104 cm³/mol. The molecule has 1 aromatic carbocycles. The molecule has 1 aliphatic rings. The highest BCUT2D eigenvalue weighted by Crippen LogP contribution is 2.34. The number of imidazole rings is 1. The van der Waals surface area contributed by atoms with E-state index < -0.39 is 12.1 Å². The molecular weight excluding hydrogens is 362 g/mol. The second kappa shape index (κ2) is 7.31. The predicted octanol–water partition coefficient (Wildman–Crippen LogP) is 3.93. The highest BCUT2D eigenvalue weighted by Gasteiger charge is 2.43. The molecule has 2 atom stereocenters. The van der Waals surface area contributed by atoms with Crippen LogP contribution in [0.1, 0.15) is 25.8 Å².